The maximum atomic E-state index is 10.1. The highest BCUT2D eigenvalue weighted by molar-refractivity contribution is 7.09. The third-order valence-electron chi connectivity index (χ3n) is 1.69. The Hall–Kier alpha value is -0.960. The molecule has 1 aromatic rings. The van der Waals surface area contributed by atoms with E-state index in [0.717, 1.165) is 23.4 Å². The van der Waals surface area contributed by atoms with Crippen LogP contribution >= 0.6 is 11.3 Å². The Morgan fingerprint density at radius 2 is 2.46 bits per heavy atom. The van der Waals surface area contributed by atoms with Gasteiger partial charge in [0.15, 0.2) is 0 Å². The van der Waals surface area contributed by atoms with Crippen LogP contribution in [0.2, 0.25) is 0 Å². The molecule has 13 heavy (non-hydrogen) atoms. The van der Waals surface area contributed by atoms with Crippen LogP contribution in [-0.2, 0) is 4.79 Å². The molecule has 0 saturated carbocycles. The summed E-state index contributed by atoms with van der Waals surface area (Å²) in [5.74, 6) is 0. The first-order chi connectivity index (χ1) is 6.22. The number of nitrogens with zero attached hydrogens (tertiary/aromatic N) is 1. The molecule has 3 heteroatoms. The van der Waals surface area contributed by atoms with Crippen LogP contribution in [0.5, 0.6) is 0 Å². The Kier molecular flexibility index (Phi) is 3.83. The van der Waals surface area contributed by atoms with Gasteiger partial charge in [0.2, 0.25) is 0 Å². The standard InChI is InChI=1S/C10H13NOS/c1-8(4-3-5-12)6-10-7-13-9(2)11-10/h5-7H,3-4H2,1-2H3. The molecule has 0 atom stereocenters. The van der Waals surface area contributed by atoms with Crippen LogP contribution < -0.4 is 0 Å². The Morgan fingerprint density at radius 3 is 3.00 bits per heavy atom. The third kappa shape index (κ3) is 3.51. The van der Waals surface area contributed by atoms with Gasteiger partial charge in [0.25, 0.3) is 0 Å². The first-order valence-electron chi connectivity index (χ1n) is 4.25. The highest BCUT2D eigenvalue weighted by Crippen LogP contribution is 2.13. The van der Waals surface area contributed by atoms with Gasteiger partial charge in [-0.15, -0.1) is 11.3 Å². The smallest absolute Gasteiger partial charge is 0.120 e. The molecule has 0 bridgehead atoms. The molecule has 0 aliphatic carbocycles. The maximum Gasteiger partial charge on any atom is 0.120 e. The van der Waals surface area contributed by atoms with Crippen molar-refractivity contribution in [1.82, 2.24) is 4.98 Å². The molecular formula is C10H13NOS. The van der Waals surface area contributed by atoms with E-state index in [1.807, 2.05) is 25.3 Å². The number of carbonyl (C=O) groups is 1. The first-order valence-corrected chi connectivity index (χ1v) is 5.13. The van der Waals surface area contributed by atoms with Crippen LogP contribution in [0.15, 0.2) is 11.0 Å². The van der Waals surface area contributed by atoms with E-state index in [0.29, 0.717) is 6.42 Å². The third-order valence-corrected chi connectivity index (χ3v) is 2.48. The predicted octanol–water partition coefficient (Wildman–Crippen LogP) is 2.83. The zero-order valence-electron chi connectivity index (χ0n) is 7.91. The Balaban J connectivity index is 2.59. The fraction of sp³-hybridized carbons (Fsp3) is 0.400. The normalized spacial score (nSPS) is 11.7. The van der Waals surface area contributed by atoms with E-state index in [4.69, 9.17) is 0 Å². The fourth-order valence-electron chi connectivity index (χ4n) is 1.06. The lowest BCUT2D eigenvalue weighted by molar-refractivity contribution is -0.107. The first kappa shape index (κ1) is 10.1. The van der Waals surface area contributed by atoms with Crippen molar-refractivity contribution in [3.8, 4) is 0 Å². The van der Waals surface area contributed by atoms with Crippen molar-refractivity contribution in [3.05, 3.63) is 21.7 Å². The summed E-state index contributed by atoms with van der Waals surface area (Å²) < 4.78 is 0. The van der Waals surface area contributed by atoms with Crippen molar-refractivity contribution in [1.29, 1.82) is 0 Å². The van der Waals surface area contributed by atoms with Gasteiger partial charge in [0.1, 0.15) is 6.29 Å². The number of aryl methyl sites for hydroxylation is 1. The van der Waals surface area contributed by atoms with Crippen molar-refractivity contribution in [2.75, 3.05) is 0 Å². The molecule has 0 radical (unpaired) electrons. The quantitative estimate of drug-likeness (QED) is 0.691. The van der Waals surface area contributed by atoms with Crippen LogP contribution in [0.3, 0.4) is 0 Å². The van der Waals surface area contributed by atoms with Crippen LogP contribution in [0, 0.1) is 6.92 Å². The molecule has 1 rings (SSSR count). The summed E-state index contributed by atoms with van der Waals surface area (Å²) in [4.78, 5) is 14.4. The minimum atomic E-state index is 0.603. The number of thiazole rings is 1. The number of aromatic nitrogens is 1. The second-order valence-electron chi connectivity index (χ2n) is 2.99. The number of rotatable bonds is 4. The van der Waals surface area contributed by atoms with E-state index in [1.54, 1.807) is 11.3 Å². The minimum Gasteiger partial charge on any atom is -0.303 e. The summed E-state index contributed by atoms with van der Waals surface area (Å²) in [5.41, 5.74) is 2.21. The van der Waals surface area contributed by atoms with E-state index >= 15 is 0 Å². The van der Waals surface area contributed by atoms with E-state index in [1.165, 1.54) is 5.57 Å². The van der Waals surface area contributed by atoms with Gasteiger partial charge < -0.3 is 4.79 Å². The minimum absolute atomic E-state index is 0.603. The molecule has 1 heterocycles. The number of hydrogen-bond acceptors (Lipinski definition) is 3. The molecule has 0 unspecified atom stereocenters. The number of aldehydes is 1. The number of hydrogen-bond donors (Lipinski definition) is 0. The summed E-state index contributed by atoms with van der Waals surface area (Å²) in [6.45, 7) is 4.01. The van der Waals surface area contributed by atoms with Gasteiger partial charge in [-0.2, -0.15) is 0 Å². The molecule has 0 aliphatic heterocycles. The largest absolute Gasteiger partial charge is 0.303 e. The van der Waals surface area contributed by atoms with Gasteiger partial charge in [0, 0.05) is 11.8 Å². The van der Waals surface area contributed by atoms with E-state index < -0.39 is 0 Å². The fourth-order valence-corrected chi connectivity index (χ4v) is 1.63. The highest BCUT2D eigenvalue weighted by atomic mass is 32.1. The Bertz CT molecular complexity index is 314. The Labute approximate surface area is 82.3 Å². The SMILES string of the molecule is CC(=Cc1csc(C)n1)CCC=O. The van der Waals surface area contributed by atoms with Crippen molar-refractivity contribution in [2.45, 2.75) is 26.7 Å². The lowest BCUT2D eigenvalue weighted by Gasteiger charge is -1.94. The molecule has 0 saturated heterocycles. The van der Waals surface area contributed by atoms with Gasteiger partial charge in [-0.3, -0.25) is 0 Å². The van der Waals surface area contributed by atoms with Gasteiger partial charge >= 0.3 is 0 Å². The average Bonchev–Trinajstić information content (AvgIpc) is 2.48. The summed E-state index contributed by atoms with van der Waals surface area (Å²) >= 11 is 1.64. The molecule has 0 N–H and O–H groups in total. The monoisotopic (exact) mass is 195 g/mol. The van der Waals surface area contributed by atoms with Gasteiger partial charge in [0.05, 0.1) is 10.7 Å². The summed E-state index contributed by atoms with van der Waals surface area (Å²) in [5, 5.41) is 3.11. The lowest BCUT2D eigenvalue weighted by Crippen LogP contribution is -1.80. The van der Waals surface area contributed by atoms with Crippen LogP contribution in [0.4, 0.5) is 0 Å². The van der Waals surface area contributed by atoms with Crippen molar-refractivity contribution in [2.24, 2.45) is 0 Å². The van der Waals surface area contributed by atoms with Crippen molar-refractivity contribution in [3.63, 3.8) is 0 Å². The van der Waals surface area contributed by atoms with Gasteiger partial charge in [-0.25, -0.2) is 4.98 Å². The topological polar surface area (TPSA) is 30.0 Å². The zero-order chi connectivity index (χ0) is 9.68. The molecule has 70 valence electrons. The van der Waals surface area contributed by atoms with Crippen molar-refractivity contribution >= 4 is 23.7 Å². The second-order valence-corrected chi connectivity index (χ2v) is 4.05. The molecular weight excluding hydrogens is 182 g/mol. The van der Waals surface area contributed by atoms with Crippen molar-refractivity contribution < 1.29 is 4.79 Å². The number of allylic oxidation sites excluding steroid dienone is 1. The molecule has 0 spiro atoms. The van der Waals surface area contributed by atoms with Gasteiger partial charge in [-0.05, 0) is 26.3 Å². The van der Waals surface area contributed by atoms with E-state index in [2.05, 4.69) is 4.98 Å². The predicted molar refractivity (Wildman–Crippen MR) is 55.8 cm³/mol. The molecule has 2 nitrogen and oxygen atoms in total. The van der Waals surface area contributed by atoms with Crippen LogP contribution in [0.1, 0.15) is 30.5 Å². The van der Waals surface area contributed by atoms with Crippen LogP contribution in [0.25, 0.3) is 6.08 Å². The lowest BCUT2D eigenvalue weighted by atomic mass is 10.1. The molecule has 0 aliphatic rings. The summed E-state index contributed by atoms with van der Waals surface area (Å²) in [7, 11) is 0. The van der Waals surface area contributed by atoms with Crippen LogP contribution in [-0.4, -0.2) is 11.3 Å². The van der Waals surface area contributed by atoms with E-state index in [-0.39, 0.29) is 0 Å². The average molecular weight is 195 g/mol. The molecule has 1 aromatic heterocycles. The molecule has 0 amide bonds. The van der Waals surface area contributed by atoms with E-state index in [9.17, 15) is 4.79 Å². The molecule has 0 fully saturated rings. The highest BCUT2D eigenvalue weighted by Gasteiger charge is 1.95. The van der Waals surface area contributed by atoms with Gasteiger partial charge in [-0.1, -0.05) is 5.57 Å². The maximum absolute atomic E-state index is 10.1. The number of carbonyl (C=O) groups excluding carboxylic acids is 1. The summed E-state index contributed by atoms with van der Waals surface area (Å²) in [6.07, 6.45) is 4.42. The zero-order valence-corrected chi connectivity index (χ0v) is 8.73. The Morgan fingerprint density at radius 1 is 1.69 bits per heavy atom. The summed E-state index contributed by atoms with van der Waals surface area (Å²) in [6, 6.07) is 0. The second kappa shape index (κ2) is 4.92. The molecule has 0 aromatic carbocycles.